The molecule has 0 aliphatic heterocycles. The summed E-state index contributed by atoms with van der Waals surface area (Å²) in [6.45, 7) is 0.344. The molecule has 0 fully saturated rings. The van der Waals surface area contributed by atoms with Crippen LogP contribution in [-0.2, 0) is 17.8 Å². The number of hydrogen-bond donors (Lipinski definition) is 2. The summed E-state index contributed by atoms with van der Waals surface area (Å²) in [6, 6.07) is 11.1. The predicted octanol–water partition coefficient (Wildman–Crippen LogP) is 2.69. The number of para-hydroxylation sites is 2. The monoisotopic (exact) mass is 391 g/mol. The van der Waals surface area contributed by atoms with Crippen LogP contribution in [0.15, 0.2) is 59.0 Å². The van der Waals surface area contributed by atoms with Gasteiger partial charge in [-0.3, -0.25) is 14.6 Å². The number of amides is 1. The predicted molar refractivity (Wildman–Crippen MR) is 108 cm³/mol. The molecule has 0 bridgehead atoms. The van der Waals surface area contributed by atoms with Gasteiger partial charge in [0.1, 0.15) is 10.7 Å². The van der Waals surface area contributed by atoms with Gasteiger partial charge in [0.2, 0.25) is 5.91 Å². The van der Waals surface area contributed by atoms with Crippen LogP contribution in [0.5, 0.6) is 0 Å². The Balaban J connectivity index is 1.34. The van der Waals surface area contributed by atoms with Crippen molar-refractivity contribution in [3.05, 3.63) is 75.9 Å². The van der Waals surface area contributed by atoms with Crippen LogP contribution in [0.1, 0.15) is 17.8 Å². The highest BCUT2D eigenvalue weighted by atomic mass is 32.1. The molecule has 8 heteroatoms. The highest BCUT2D eigenvalue weighted by Crippen LogP contribution is 2.22. The zero-order valence-electron chi connectivity index (χ0n) is 14.9. The fourth-order valence-corrected chi connectivity index (χ4v) is 3.57. The smallest absolute Gasteiger partial charge is 0.270 e. The first-order chi connectivity index (χ1) is 13.7. The molecule has 0 unspecified atom stereocenters. The van der Waals surface area contributed by atoms with Crippen LogP contribution < -0.4 is 10.9 Å². The number of H-pyrrole nitrogens is 1. The summed E-state index contributed by atoms with van der Waals surface area (Å²) in [7, 11) is 0. The summed E-state index contributed by atoms with van der Waals surface area (Å²) in [5, 5.41) is 5.62. The van der Waals surface area contributed by atoms with E-state index >= 15 is 0 Å². The molecule has 4 aromatic rings. The van der Waals surface area contributed by atoms with Crippen molar-refractivity contribution in [1.82, 2.24) is 25.3 Å². The molecule has 0 spiro atoms. The van der Waals surface area contributed by atoms with Gasteiger partial charge in [0.15, 0.2) is 0 Å². The lowest BCUT2D eigenvalue weighted by atomic mass is 10.2. The second-order valence-corrected chi connectivity index (χ2v) is 7.05. The standard InChI is InChI=1S/C20H17N5O2S/c26-18(8-7-17-19(27)25-16-6-2-1-5-15(16)24-17)22-11-14-12-28-20(23-14)13-4-3-9-21-10-13/h1-6,9-10,12H,7-8,11H2,(H,22,26)(H,25,27). The Morgan fingerprint density at radius 1 is 1.14 bits per heavy atom. The molecule has 28 heavy (non-hydrogen) atoms. The number of benzene rings is 1. The van der Waals surface area contributed by atoms with Gasteiger partial charge >= 0.3 is 0 Å². The maximum absolute atomic E-state index is 12.2. The van der Waals surface area contributed by atoms with Crippen molar-refractivity contribution in [3.63, 3.8) is 0 Å². The maximum atomic E-state index is 12.2. The van der Waals surface area contributed by atoms with Crippen molar-refractivity contribution < 1.29 is 4.79 Å². The number of thiazole rings is 1. The summed E-state index contributed by atoms with van der Waals surface area (Å²) in [5.41, 5.74) is 3.25. The molecule has 0 radical (unpaired) electrons. The zero-order valence-corrected chi connectivity index (χ0v) is 15.7. The molecule has 0 atom stereocenters. The number of carbonyl (C=O) groups excluding carboxylic acids is 1. The quantitative estimate of drug-likeness (QED) is 0.526. The molecule has 0 aliphatic carbocycles. The van der Waals surface area contributed by atoms with Crippen LogP contribution in [0.3, 0.4) is 0 Å². The molecule has 0 saturated carbocycles. The van der Waals surface area contributed by atoms with Crippen LogP contribution in [0, 0.1) is 0 Å². The number of rotatable bonds is 6. The Hall–Kier alpha value is -3.39. The van der Waals surface area contributed by atoms with Crippen molar-refractivity contribution >= 4 is 28.3 Å². The molecule has 1 aromatic carbocycles. The van der Waals surface area contributed by atoms with E-state index in [1.165, 1.54) is 11.3 Å². The van der Waals surface area contributed by atoms with E-state index in [1.54, 1.807) is 18.5 Å². The van der Waals surface area contributed by atoms with E-state index in [0.29, 0.717) is 23.3 Å². The van der Waals surface area contributed by atoms with Crippen LogP contribution >= 0.6 is 11.3 Å². The van der Waals surface area contributed by atoms with E-state index in [2.05, 4.69) is 25.3 Å². The first-order valence-corrected chi connectivity index (χ1v) is 9.66. The number of fused-ring (bicyclic) bond motifs is 1. The van der Waals surface area contributed by atoms with Gasteiger partial charge in [-0.25, -0.2) is 9.97 Å². The SMILES string of the molecule is O=C(CCc1nc2ccccc2[nH]c1=O)NCc1csc(-c2cccnc2)n1. The van der Waals surface area contributed by atoms with Gasteiger partial charge in [-0.1, -0.05) is 12.1 Å². The summed E-state index contributed by atoms with van der Waals surface area (Å²) in [5.74, 6) is -0.148. The maximum Gasteiger partial charge on any atom is 0.270 e. The number of nitrogens with one attached hydrogen (secondary N) is 2. The molecule has 4 rings (SSSR count). The van der Waals surface area contributed by atoms with E-state index in [4.69, 9.17) is 0 Å². The minimum absolute atomic E-state index is 0.148. The highest BCUT2D eigenvalue weighted by Gasteiger charge is 2.10. The van der Waals surface area contributed by atoms with Crippen molar-refractivity contribution in [2.45, 2.75) is 19.4 Å². The van der Waals surface area contributed by atoms with Crippen LogP contribution in [0.25, 0.3) is 21.6 Å². The molecule has 1 amide bonds. The number of pyridine rings is 1. The Morgan fingerprint density at radius 2 is 2.04 bits per heavy atom. The molecule has 2 N–H and O–H groups in total. The minimum Gasteiger partial charge on any atom is -0.350 e. The van der Waals surface area contributed by atoms with Crippen LogP contribution in [0.4, 0.5) is 0 Å². The topological polar surface area (TPSA) is 101 Å². The van der Waals surface area contributed by atoms with E-state index < -0.39 is 0 Å². The third kappa shape index (κ3) is 4.12. The molecule has 3 heterocycles. The zero-order chi connectivity index (χ0) is 19.3. The third-order valence-electron chi connectivity index (χ3n) is 4.19. The van der Waals surface area contributed by atoms with Gasteiger partial charge in [-0.05, 0) is 24.3 Å². The molecule has 3 aromatic heterocycles. The average molecular weight is 391 g/mol. The van der Waals surface area contributed by atoms with Gasteiger partial charge in [0, 0.05) is 36.2 Å². The number of aromatic nitrogens is 4. The van der Waals surface area contributed by atoms with E-state index in [1.807, 2.05) is 35.7 Å². The van der Waals surface area contributed by atoms with E-state index in [-0.39, 0.29) is 24.3 Å². The number of aromatic amines is 1. The molecule has 140 valence electrons. The molecular weight excluding hydrogens is 374 g/mol. The van der Waals surface area contributed by atoms with Gasteiger partial charge in [-0.2, -0.15) is 0 Å². The largest absolute Gasteiger partial charge is 0.350 e. The third-order valence-corrected chi connectivity index (χ3v) is 5.13. The van der Waals surface area contributed by atoms with Crippen LogP contribution in [0.2, 0.25) is 0 Å². The lowest BCUT2D eigenvalue weighted by Gasteiger charge is -2.04. The Bertz CT molecular complexity index is 1170. The average Bonchev–Trinajstić information content (AvgIpc) is 3.20. The summed E-state index contributed by atoms with van der Waals surface area (Å²) in [6.07, 6.45) is 3.95. The number of carbonyl (C=O) groups is 1. The Labute approximate surface area is 164 Å². The van der Waals surface area contributed by atoms with E-state index in [0.717, 1.165) is 16.3 Å². The first kappa shape index (κ1) is 18.0. The van der Waals surface area contributed by atoms with Gasteiger partial charge in [0.25, 0.3) is 5.56 Å². The van der Waals surface area contributed by atoms with Crippen molar-refractivity contribution in [3.8, 4) is 10.6 Å². The van der Waals surface area contributed by atoms with Gasteiger partial charge in [-0.15, -0.1) is 11.3 Å². The van der Waals surface area contributed by atoms with E-state index in [9.17, 15) is 9.59 Å². The fraction of sp³-hybridized carbons (Fsp3) is 0.150. The van der Waals surface area contributed by atoms with Crippen LogP contribution in [-0.4, -0.2) is 25.8 Å². The minimum atomic E-state index is -0.257. The number of hydrogen-bond acceptors (Lipinski definition) is 6. The second kappa shape index (κ2) is 8.10. The normalized spacial score (nSPS) is 10.9. The molecule has 0 saturated heterocycles. The lowest BCUT2D eigenvalue weighted by Crippen LogP contribution is -2.25. The van der Waals surface area contributed by atoms with Gasteiger partial charge in [0.05, 0.1) is 23.3 Å². The Morgan fingerprint density at radius 3 is 2.89 bits per heavy atom. The first-order valence-electron chi connectivity index (χ1n) is 8.78. The number of nitrogens with zero attached hydrogens (tertiary/aromatic N) is 3. The second-order valence-electron chi connectivity index (χ2n) is 6.19. The Kier molecular flexibility index (Phi) is 5.20. The number of aryl methyl sites for hydroxylation is 1. The summed E-state index contributed by atoms with van der Waals surface area (Å²) in [4.78, 5) is 40.0. The van der Waals surface area contributed by atoms with Gasteiger partial charge < -0.3 is 10.3 Å². The van der Waals surface area contributed by atoms with Crippen molar-refractivity contribution in [2.24, 2.45) is 0 Å². The highest BCUT2D eigenvalue weighted by molar-refractivity contribution is 7.13. The molecule has 7 nitrogen and oxygen atoms in total. The fourth-order valence-electron chi connectivity index (χ4n) is 2.76. The molecule has 0 aliphatic rings. The summed E-state index contributed by atoms with van der Waals surface area (Å²) < 4.78 is 0. The molecular formula is C20H17N5O2S. The van der Waals surface area contributed by atoms with Crippen molar-refractivity contribution in [2.75, 3.05) is 0 Å². The van der Waals surface area contributed by atoms with Crippen molar-refractivity contribution in [1.29, 1.82) is 0 Å². The lowest BCUT2D eigenvalue weighted by molar-refractivity contribution is -0.121. The summed E-state index contributed by atoms with van der Waals surface area (Å²) >= 11 is 1.51.